The van der Waals surface area contributed by atoms with E-state index in [0.29, 0.717) is 0 Å². The normalized spacial score (nSPS) is 10.8. The first-order valence-electron chi connectivity index (χ1n) is 5.91. The molecule has 2 aromatic rings. The number of alkyl halides is 2. The molecule has 0 saturated heterocycles. The van der Waals surface area contributed by atoms with Gasteiger partial charge in [0.1, 0.15) is 0 Å². The van der Waals surface area contributed by atoms with Crippen LogP contribution >= 0.6 is 9.24 Å². The Morgan fingerprint density at radius 2 is 0.500 bits per heavy atom. The van der Waals surface area contributed by atoms with Crippen LogP contribution in [-0.4, -0.2) is 6.17 Å². The van der Waals surface area contributed by atoms with Crippen LogP contribution < -0.4 is 0 Å². The van der Waals surface area contributed by atoms with E-state index < -0.39 is 75.5 Å². The van der Waals surface area contributed by atoms with E-state index >= 15 is 0 Å². The number of benzene rings is 2. The highest BCUT2D eigenvalue weighted by Gasteiger charge is 2.34. The number of halogens is 12. The Morgan fingerprint density at radius 1 is 0.385 bits per heavy atom. The van der Waals surface area contributed by atoms with Crippen molar-refractivity contribution >= 4 is 9.24 Å². The smallest absolute Gasteiger partial charge is 0.206 e. The summed E-state index contributed by atoms with van der Waals surface area (Å²) < 4.78 is 152. The minimum atomic E-state index is -2.68. The zero-order valence-electron chi connectivity index (χ0n) is 11.7. The molecule has 1 unspecified atom stereocenters. The predicted octanol–water partition coefficient (Wildman–Crippen LogP) is 5.83. The fourth-order valence-corrected chi connectivity index (χ4v) is 1.65. The molecule has 2 rings (SSSR count). The first-order valence-corrected chi connectivity index (χ1v) is 6.58. The third-order valence-corrected chi connectivity index (χ3v) is 2.67. The van der Waals surface area contributed by atoms with Crippen molar-refractivity contribution in [2.45, 2.75) is 6.17 Å². The number of hydrogen-bond donors (Lipinski definition) is 0. The second-order valence-corrected chi connectivity index (χ2v) is 4.73. The molecule has 0 aromatic heterocycles. The van der Waals surface area contributed by atoms with Crippen LogP contribution in [0.4, 0.5) is 52.7 Å². The highest BCUT2D eigenvalue weighted by Crippen LogP contribution is 2.37. The molecule has 0 fully saturated rings. The molecule has 0 amide bonds. The summed E-state index contributed by atoms with van der Waals surface area (Å²) in [6.45, 7) is 0. The van der Waals surface area contributed by atoms with Gasteiger partial charge in [0, 0.05) is 0 Å². The van der Waals surface area contributed by atoms with Crippen LogP contribution in [0.2, 0.25) is 0 Å². The van der Waals surface area contributed by atoms with E-state index in [-0.39, 0.29) is 0 Å². The number of hydrogen-bond acceptors (Lipinski definition) is 0. The second kappa shape index (κ2) is 8.15. The number of rotatable bonds is 1. The predicted molar refractivity (Wildman–Crippen MR) is 67.2 cm³/mol. The first-order chi connectivity index (χ1) is 11.8. The molecule has 0 N–H and O–H groups in total. The van der Waals surface area contributed by atoms with Gasteiger partial charge in [0.2, 0.25) is 17.8 Å². The summed E-state index contributed by atoms with van der Waals surface area (Å²) in [6, 6.07) is 0. The van der Waals surface area contributed by atoms with Gasteiger partial charge >= 0.3 is 0 Å². The van der Waals surface area contributed by atoms with E-state index in [9.17, 15) is 52.7 Å². The fraction of sp³-hybridized carbons (Fsp3) is 0.0769. The lowest BCUT2D eigenvalue weighted by atomic mass is 10.0. The van der Waals surface area contributed by atoms with Gasteiger partial charge in [-0.25, -0.2) is 52.7 Å². The van der Waals surface area contributed by atoms with Crippen LogP contribution in [0, 0.1) is 58.2 Å². The third-order valence-electron chi connectivity index (χ3n) is 2.67. The fourth-order valence-electron chi connectivity index (χ4n) is 1.65. The molecule has 13 heteroatoms. The SMILES string of the molecule is FC(F)P.Fc1c(F)c(F)c(-c2c(F)c(F)c(F)c(F)c2F)c(F)c1F. The van der Waals surface area contributed by atoms with Gasteiger partial charge in [-0.2, -0.15) is 0 Å². The summed E-state index contributed by atoms with van der Waals surface area (Å²) in [5.41, 5.74) is -4.52. The Balaban J connectivity index is 0.000000765. The van der Waals surface area contributed by atoms with Crippen molar-refractivity contribution in [3.63, 3.8) is 0 Å². The quantitative estimate of drug-likeness (QED) is 0.237. The monoisotopic (exact) mass is 418 g/mol. The molecule has 0 aliphatic heterocycles. The highest BCUT2D eigenvalue weighted by atomic mass is 31.0. The highest BCUT2D eigenvalue weighted by molar-refractivity contribution is 7.16. The van der Waals surface area contributed by atoms with Crippen molar-refractivity contribution < 1.29 is 52.7 Å². The molecule has 0 radical (unpaired) electrons. The Hall–Kier alpha value is -1.97. The lowest BCUT2D eigenvalue weighted by molar-refractivity contribution is 0.251. The summed E-state index contributed by atoms with van der Waals surface area (Å²) in [4.78, 5) is 0. The molecule has 0 nitrogen and oxygen atoms in total. The van der Waals surface area contributed by atoms with Crippen molar-refractivity contribution in [2.75, 3.05) is 0 Å². The zero-order chi connectivity index (χ0) is 20.5. The van der Waals surface area contributed by atoms with Gasteiger partial charge in [0.25, 0.3) is 0 Å². The van der Waals surface area contributed by atoms with E-state index in [0.717, 1.165) is 0 Å². The largest absolute Gasteiger partial charge is 0.249 e. The van der Waals surface area contributed by atoms with Crippen molar-refractivity contribution in [2.24, 2.45) is 0 Å². The van der Waals surface area contributed by atoms with E-state index in [1.807, 2.05) is 0 Å². The lowest BCUT2D eigenvalue weighted by Gasteiger charge is -2.11. The molecule has 0 bridgehead atoms. The molecule has 0 saturated carbocycles. The van der Waals surface area contributed by atoms with E-state index in [1.54, 1.807) is 0 Å². The van der Waals surface area contributed by atoms with Gasteiger partial charge in [0.15, 0.2) is 46.5 Å². The molecule has 26 heavy (non-hydrogen) atoms. The van der Waals surface area contributed by atoms with Crippen LogP contribution in [-0.2, 0) is 0 Å². The Labute approximate surface area is 138 Å². The van der Waals surface area contributed by atoms with Crippen molar-refractivity contribution in [1.82, 2.24) is 0 Å². The molecular formula is C13H3F12P. The molecule has 2 aromatic carbocycles. The van der Waals surface area contributed by atoms with Crippen LogP contribution in [0.3, 0.4) is 0 Å². The zero-order valence-corrected chi connectivity index (χ0v) is 12.8. The Morgan fingerprint density at radius 3 is 0.654 bits per heavy atom. The van der Waals surface area contributed by atoms with Crippen LogP contribution in [0.25, 0.3) is 11.1 Å². The van der Waals surface area contributed by atoms with Gasteiger partial charge in [-0.3, -0.25) is 0 Å². The maximum atomic E-state index is 13.4. The molecule has 0 aliphatic carbocycles. The van der Waals surface area contributed by atoms with Crippen molar-refractivity contribution in [3.05, 3.63) is 58.2 Å². The van der Waals surface area contributed by atoms with Gasteiger partial charge in [-0.1, -0.05) is 9.24 Å². The Bertz CT molecular complexity index is 720. The van der Waals surface area contributed by atoms with Crippen molar-refractivity contribution in [1.29, 1.82) is 0 Å². The summed E-state index contributed by atoms with van der Waals surface area (Å²) >= 11 is 0. The third kappa shape index (κ3) is 3.89. The van der Waals surface area contributed by atoms with E-state index in [1.165, 1.54) is 9.24 Å². The average molecular weight is 418 g/mol. The van der Waals surface area contributed by atoms with Gasteiger partial charge in [-0.15, -0.1) is 0 Å². The maximum Gasteiger partial charge on any atom is 0.249 e. The summed E-state index contributed by atoms with van der Waals surface area (Å²) in [7, 11) is 1.32. The summed E-state index contributed by atoms with van der Waals surface area (Å²) in [5.74, 6) is -26.6. The summed E-state index contributed by atoms with van der Waals surface area (Å²) in [6.07, 6.45) is -2.25. The average Bonchev–Trinajstić information content (AvgIpc) is 2.57. The topological polar surface area (TPSA) is 0 Å². The first kappa shape index (κ1) is 22.1. The standard InChI is InChI=1S/C12F10.CH3F2P/c13-3-1(4(14)8(18)11(21)7(3)17)2-5(15)9(19)12(22)10(20)6(2)16;2-1(3)4/h;1H,4H2. The molecule has 144 valence electrons. The second-order valence-electron chi connectivity index (χ2n) is 4.22. The van der Waals surface area contributed by atoms with E-state index in [2.05, 4.69) is 0 Å². The van der Waals surface area contributed by atoms with Gasteiger partial charge < -0.3 is 0 Å². The summed E-state index contributed by atoms with van der Waals surface area (Å²) in [5, 5.41) is 0. The van der Waals surface area contributed by atoms with Crippen molar-refractivity contribution in [3.8, 4) is 11.1 Å². The maximum absolute atomic E-state index is 13.4. The van der Waals surface area contributed by atoms with Crippen LogP contribution in [0.5, 0.6) is 0 Å². The molecular weight excluding hydrogens is 415 g/mol. The molecule has 0 spiro atoms. The lowest BCUT2D eigenvalue weighted by Crippen LogP contribution is -2.10. The Kier molecular flexibility index (Phi) is 6.92. The minimum absolute atomic E-state index is 1.32. The minimum Gasteiger partial charge on any atom is -0.206 e. The molecule has 1 atom stereocenters. The van der Waals surface area contributed by atoms with Gasteiger partial charge in [-0.05, 0) is 0 Å². The van der Waals surface area contributed by atoms with Gasteiger partial charge in [0.05, 0.1) is 11.1 Å². The van der Waals surface area contributed by atoms with Crippen LogP contribution in [0.15, 0.2) is 0 Å². The van der Waals surface area contributed by atoms with E-state index in [4.69, 9.17) is 0 Å². The van der Waals surface area contributed by atoms with Crippen LogP contribution in [0.1, 0.15) is 0 Å². The molecule has 0 heterocycles. The molecule has 0 aliphatic rings.